The Morgan fingerprint density at radius 1 is 1.28 bits per heavy atom. The van der Waals surface area contributed by atoms with Crippen molar-refractivity contribution in [3.8, 4) is 0 Å². The molecule has 96 valence electrons. The number of nitrogens with zero attached hydrogens (tertiary/aromatic N) is 1. The van der Waals surface area contributed by atoms with Crippen LogP contribution >= 0.6 is 0 Å². The SMILES string of the molecule is CC1Nc2ccccc2CC1C(=O)N1CCCC1. The first-order valence-corrected chi connectivity index (χ1v) is 6.89. The molecular formula is C15H20N2O. The Balaban J connectivity index is 1.79. The highest BCUT2D eigenvalue weighted by molar-refractivity contribution is 5.81. The summed E-state index contributed by atoms with van der Waals surface area (Å²) in [5.41, 5.74) is 2.46. The average molecular weight is 244 g/mol. The maximum absolute atomic E-state index is 12.5. The van der Waals surface area contributed by atoms with Crippen molar-refractivity contribution in [2.45, 2.75) is 32.2 Å². The molecule has 1 N–H and O–H groups in total. The lowest BCUT2D eigenvalue weighted by Gasteiger charge is -2.34. The number of carbonyl (C=O) groups excluding carboxylic acids is 1. The Morgan fingerprint density at radius 3 is 2.78 bits per heavy atom. The van der Waals surface area contributed by atoms with Crippen LogP contribution in [-0.2, 0) is 11.2 Å². The van der Waals surface area contributed by atoms with Crippen molar-refractivity contribution in [2.24, 2.45) is 5.92 Å². The molecule has 0 radical (unpaired) electrons. The molecule has 3 heteroatoms. The van der Waals surface area contributed by atoms with Crippen LogP contribution in [0.2, 0.25) is 0 Å². The normalized spacial score (nSPS) is 26.6. The molecule has 3 nitrogen and oxygen atoms in total. The Labute approximate surface area is 108 Å². The highest BCUT2D eigenvalue weighted by Crippen LogP contribution is 2.29. The number of anilines is 1. The summed E-state index contributed by atoms with van der Waals surface area (Å²) in [6.07, 6.45) is 3.20. The van der Waals surface area contributed by atoms with Crippen LogP contribution in [-0.4, -0.2) is 29.9 Å². The number of fused-ring (bicyclic) bond motifs is 1. The summed E-state index contributed by atoms with van der Waals surface area (Å²) in [7, 11) is 0. The first kappa shape index (κ1) is 11.6. The van der Waals surface area contributed by atoms with E-state index >= 15 is 0 Å². The lowest BCUT2D eigenvalue weighted by Crippen LogP contribution is -2.44. The minimum Gasteiger partial charge on any atom is -0.382 e. The average Bonchev–Trinajstić information content (AvgIpc) is 2.91. The molecule has 1 amide bonds. The van der Waals surface area contributed by atoms with Crippen molar-refractivity contribution in [2.75, 3.05) is 18.4 Å². The topological polar surface area (TPSA) is 32.3 Å². The molecule has 2 aliphatic rings. The van der Waals surface area contributed by atoms with Gasteiger partial charge in [-0.05, 0) is 37.8 Å². The summed E-state index contributed by atoms with van der Waals surface area (Å²) in [5.74, 6) is 0.431. The van der Waals surface area contributed by atoms with E-state index in [1.807, 2.05) is 17.0 Å². The van der Waals surface area contributed by atoms with Gasteiger partial charge in [0.05, 0.1) is 5.92 Å². The standard InChI is InChI=1S/C15H20N2O/c1-11-13(15(18)17-8-4-5-9-17)10-12-6-2-3-7-14(12)16-11/h2-3,6-7,11,13,16H,4-5,8-10H2,1H3. The molecule has 0 spiro atoms. The summed E-state index contributed by atoms with van der Waals surface area (Å²) in [5, 5.41) is 3.47. The summed E-state index contributed by atoms with van der Waals surface area (Å²) in [6.45, 7) is 4.02. The number of nitrogens with one attached hydrogen (secondary N) is 1. The zero-order chi connectivity index (χ0) is 12.5. The quantitative estimate of drug-likeness (QED) is 0.822. The maximum atomic E-state index is 12.5. The molecule has 1 saturated heterocycles. The molecule has 1 aromatic rings. The third-order valence-electron chi connectivity index (χ3n) is 4.18. The van der Waals surface area contributed by atoms with Crippen LogP contribution in [0.3, 0.4) is 0 Å². The zero-order valence-electron chi connectivity index (χ0n) is 10.9. The third-order valence-corrected chi connectivity index (χ3v) is 4.18. The Morgan fingerprint density at radius 2 is 2.00 bits per heavy atom. The highest BCUT2D eigenvalue weighted by Gasteiger charge is 2.33. The molecule has 0 aliphatic carbocycles. The van der Waals surface area contributed by atoms with Crippen molar-refractivity contribution >= 4 is 11.6 Å². The van der Waals surface area contributed by atoms with E-state index in [1.165, 1.54) is 11.3 Å². The summed E-state index contributed by atoms with van der Waals surface area (Å²) >= 11 is 0. The number of rotatable bonds is 1. The first-order chi connectivity index (χ1) is 8.75. The van der Waals surface area contributed by atoms with Crippen LogP contribution < -0.4 is 5.32 Å². The van der Waals surface area contributed by atoms with Gasteiger partial charge in [-0.3, -0.25) is 4.79 Å². The predicted molar refractivity (Wildman–Crippen MR) is 72.5 cm³/mol. The van der Waals surface area contributed by atoms with Crippen LogP contribution in [0, 0.1) is 5.92 Å². The minimum absolute atomic E-state index is 0.0954. The molecule has 0 bridgehead atoms. The van der Waals surface area contributed by atoms with E-state index in [4.69, 9.17) is 0 Å². The van der Waals surface area contributed by atoms with E-state index in [1.54, 1.807) is 0 Å². The number of amides is 1. The van der Waals surface area contributed by atoms with Gasteiger partial charge in [-0.25, -0.2) is 0 Å². The van der Waals surface area contributed by atoms with Gasteiger partial charge in [0.1, 0.15) is 0 Å². The van der Waals surface area contributed by atoms with E-state index in [0.29, 0.717) is 5.91 Å². The van der Waals surface area contributed by atoms with Crippen LogP contribution in [0.5, 0.6) is 0 Å². The van der Waals surface area contributed by atoms with E-state index in [9.17, 15) is 4.79 Å². The molecule has 0 aromatic heterocycles. The van der Waals surface area contributed by atoms with Crippen molar-refractivity contribution < 1.29 is 4.79 Å². The number of para-hydroxylation sites is 1. The number of hydrogen-bond acceptors (Lipinski definition) is 2. The molecule has 2 atom stereocenters. The molecule has 1 aromatic carbocycles. The van der Waals surface area contributed by atoms with Crippen LogP contribution in [0.4, 0.5) is 5.69 Å². The molecule has 3 rings (SSSR count). The van der Waals surface area contributed by atoms with Gasteiger partial charge in [0, 0.05) is 24.8 Å². The van der Waals surface area contributed by atoms with Gasteiger partial charge >= 0.3 is 0 Å². The molecule has 1 fully saturated rings. The number of benzene rings is 1. The van der Waals surface area contributed by atoms with Crippen LogP contribution in [0.1, 0.15) is 25.3 Å². The Bertz CT molecular complexity index is 452. The van der Waals surface area contributed by atoms with Gasteiger partial charge in [0.25, 0.3) is 0 Å². The van der Waals surface area contributed by atoms with Gasteiger partial charge in [0.15, 0.2) is 0 Å². The number of hydrogen-bond donors (Lipinski definition) is 1. The molecular weight excluding hydrogens is 224 g/mol. The maximum Gasteiger partial charge on any atom is 0.228 e. The number of carbonyl (C=O) groups is 1. The second-order valence-corrected chi connectivity index (χ2v) is 5.43. The lowest BCUT2D eigenvalue weighted by atomic mass is 9.87. The Kier molecular flexibility index (Phi) is 2.98. The van der Waals surface area contributed by atoms with Crippen molar-refractivity contribution in [3.63, 3.8) is 0 Å². The Hall–Kier alpha value is -1.51. The lowest BCUT2D eigenvalue weighted by molar-refractivity contribution is -0.134. The second kappa shape index (κ2) is 4.63. The monoisotopic (exact) mass is 244 g/mol. The predicted octanol–water partition coefficient (Wildman–Crippen LogP) is 2.28. The fourth-order valence-electron chi connectivity index (χ4n) is 3.07. The summed E-state index contributed by atoms with van der Waals surface area (Å²) in [6, 6.07) is 8.55. The fraction of sp³-hybridized carbons (Fsp3) is 0.533. The van der Waals surface area contributed by atoms with E-state index in [-0.39, 0.29) is 12.0 Å². The third kappa shape index (κ3) is 1.98. The van der Waals surface area contributed by atoms with E-state index in [0.717, 1.165) is 32.4 Å². The number of likely N-dealkylation sites (tertiary alicyclic amines) is 1. The van der Waals surface area contributed by atoms with Crippen molar-refractivity contribution in [1.82, 2.24) is 4.90 Å². The smallest absolute Gasteiger partial charge is 0.228 e. The minimum atomic E-state index is 0.0954. The largest absolute Gasteiger partial charge is 0.382 e. The van der Waals surface area contributed by atoms with E-state index < -0.39 is 0 Å². The molecule has 0 saturated carbocycles. The molecule has 2 heterocycles. The van der Waals surface area contributed by atoms with Crippen molar-refractivity contribution in [3.05, 3.63) is 29.8 Å². The molecule has 2 aliphatic heterocycles. The van der Waals surface area contributed by atoms with Gasteiger partial charge in [-0.1, -0.05) is 18.2 Å². The van der Waals surface area contributed by atoms with Crippen LogP contribution in [0.25, 0.3) is 0 Å². The molecule has 18 heavy (non-hydrogen) atoms. The van der Waals surface area contributed by atoms with E-state index in [2.05, 4.69) is 24.4 Å². The summed E-state index contributed by atoms with van der Waals surface area (Å²) < 4.78 is 0. The highest BCUT2D eigenvalue weighted by atomic mass is 16.2. The zero-order valence-corrected chi connectivity index (χ0v) is 10.9. The summed E-state index contributed by atoms with van der Waals surface area (Å²) in [4.78, 5) is 14.5. The fourth-order valence-corrected chi connectivity index (χ4v) is 3.07. The van der Waals surface area contributed by atoms with Gasteiger partial charge in [-0.2, -0.15) is 0 Å². The van der Waals surface area contributed by atoms with Crippen LogP contribution in [0.15, 0.2) is 24.3 Å². The van der Waals surface area contributed by atoms with Crippen molar-refractivity contribution in [1.29, 1.82) is 0 Å². The van der Waals surface area contributed by atoms with Gasteiger partial charge in [-0.15, -0.1) is 0 Å². The van der Waals surface area contributed by atoms with Gasteiger partial charge < -0.3 is 10.2 Å². The second-order valence-electron chi connectivity index (χ2n) is 5.43. The van der Waals surface area contributed by atoms with Gasteiger partial charge in [0.2, 0.25) is 5.91 Å². The first-order valence-electron chi connectivity index (χ1n) is 6.89. The molecule has 2 unspecified atom stereocenters.